The van der Waals surface area contributed by atoms with Gasteiger partial charge in [-0.1, -0.05) is 39.8 Å². The third-order valence-corrected chi connectivity index (χ3v) is 8.00. The van der Waals surface area contributed by atoms with Crippen LogP contribution >= 0.6 is 27.7 Å². The summed E-state index contributed by atoms with van der Waals surface area (Å²) >= 11 is 5.10. The van der Waals surface area contributed by atoms with Crippen molar-refractivity contribution < 1.29 is 13.2 Å². The molecule has 0 amide bonds. The molecule has 5 nitrogen and oxygen atoms in total. The molecule has 0 unspecified atom stereocenters. The largest absolute Gasteiger partial charge is 0.497 e. The van der Waals surface area contributed by atoms with Crippen molar-refractivity contribution in [1.29, 1.82) is 0 Å². The number of thioether (sulfide) groups is 1. The average molecular weight is 467 g/mol. The minimum atomic E-state index is -3.03. The van der Waals surface area contributed by atoms with Crippen LogP contribution in [-0.4, -0.2) is 44.3 Å². The number of sulfone groups is 1. The van der Waals surface area contributed by atoms with E-state index >= 15 is 0 Å². The fourth-order valence-corrected chi connectivity index (χ4v) is 6.59. The summed E-state index contributed by atoms with van der Waals surface area (Å²) in [4.78, 5) is 6.86. The molecule has 0 aliphatic carbocycles. The van der Waals surface area contributed by atoms with Crippen LogP contribution in [0.3, 0.4) is 0 Å². The summed E-state index contributed by atoms with van der Waals surface area (Å²) in [5, 5.41) is 0.887. The zero-order valence-electron chi connectivity index (χ0n) is 14.7. The first-order chi connectivity index (χ1) is 12.9. The SMILES string of the molecule is COc1ccc(CSC2=N[C@H]3CS(=O)(=O)C[C@@H]3N2c2ccc(Br)cc2)cc1. The number of ether oxygens (including phenoxy) is 1. The lowest BCUT2D eigenvalue weighted by Gasteiger charge is -2.26. The van der Waals surface area contributed by atoms with Crippen LogP contribution in [0, 0.1) is 0 Å². The first kappa shape index (κ1) is 18.8. The van der Waals surface area contributed by atoms with Crippen LogP contribution in [0.15, 0.2) is 58.0 Å². The highest BCUT2D eigenvalue weighted by Gasteiger charge is 2.47. The van der Waals surface area contributed by atoms with Crippen molar-refractivity contribution in [2.75, 3.05) is 23.5 Å². The molecule has 4 rings (SSSR count). The van der Waals surface area contributed by atoms with Gasteiger partial charge in [-0.3, -0.25) is 4.99 Å². The second-order valence-corrected chi connectivity index (χ2v) is 10.6. The summed E-state index contributed by atoms with van der Waals surface area (Å²) in [5.74, 6) is 1.89. The maximum atomic E-state index is 12.1. The Kier molecular flexibility index (Phi) is 5.22. The van der Waals surface area contributed by atoms with Gasteiger partial charge in [-0.15, -0.1) is 0 Å². The lowest BCUT2D eigenvalue weighted by molar-refractivity contribution is 0.414. The molecular formula is C19H19BrN2O3S2. The number of hydrogen-bond acceptors (Lipinski definition) is 6. The molecule has 1 saturated heterocycles. The van der Waals surface area contributed by atoms with E-state index in [1.807, 2.05) is 48.5 Å². The number of halogens is 1. The number of benzene rings is 2. The Labute approximate surface area is 171 Å². The van der Waals surface area contributed by atoms with Gasteiger partial charge in [0.05, 0.1) is 30.7 Å². The molecule has 2 aliphatic heterocycles. The number of methoxy groups -OCH3 is 1. The van der Waals surface area contributed by atoms with Gasteiger partial charge in [0.1, 0.15) is 5.75 Å². The zero-order valence-corrected chi connectivity index (χ0v) is 17.9. The van der Waals surface area contributed by atoms with Crippen molar-refractivity contribution in [1.82, 2.24) is 0 Å². The van der Waals surface area contributed by atoms with Crippen molar-refractivity contribution >= 4 is 48.4 Å². The molecule has 0 saturated carbocycles. The Balaban J connectivity index is 1.57. The second-order valence-electron chi connectivity index (χ2n) is 6.61. The third kappa shape index (κ3) is 4.02. The van der Waals surface area contributed by atoms with E-state index in [1.54, 1.807) is 18.9 Å². The average Bonchev–Trinajstić information content (AvgIpc) is 3.12. The van der Waals surface area contributed by atoms with E-state index in [-0.39, 0.29) is 23.6 Å². The predicted molar refractivity (Wildman–Crippen MR) is 115 cm³/mol. The maximum absolute atomic E-state index is 12.1. The first-order valence-electron chi connectivity index (χ1n) is 8.54. The molecule has 1 fully saturated rings. The van der Waals surface area contributed by atoms with Gasteiger partial charge in [0.25, 0.3) is 0 Å². The van der Waals surface area contributed by atoms with E-state index in [4.69, 9.17) is 9.73 Å². The first-order valence-corrected chi connectivity index (χ1v) is 12.1. The third-order valence-electron chi connectivity index (χ3n) is 4.74. The summed E-state index contributed by atoms with van der Waals surface area (Å²) in [6.07, 6.45) is 0. The van der Waals surface area contributed by atoms with Crippen LogP contribution in [0.1, 0.15) is 5.56 Å². The molecule has 142 valence electrons. The van der Waals surface area contributed by atoms with E-state index in [9.17, 15) is 8.42 Å². The van der Waals surface area contributed by atoms with Crippen LogP contribution in [0.2, 0.25) is 0 Å². The van der Waals surface area contributed by atoms with Crippen LogP contribution < -0.4 is 9.64 Å². The molecule has 0 spiro atoms. The number of aliphatic imine (C=N–C) groups is 1. The smallest absolute Gasteiger partial charge is 0.164 e. The van der Waals surface area contributed by atoms with Crippen molar-refractivity contribution in [3.05, 3.63) is 58.6 Å². The molecule has 27 heavy (non-hydrogen) atoms. The molecule has 0 N–H and O–H groups in total. The number of rotatable bonds is 4. The van der Waals surface area contributed by atoms with E-state index in [1.165, 1.54) is 5.56 Å². The molecule has 0 radical (unpaired) electrons. The van der Waals surface area contributed by atoms with Crippen molar-refractivity contribution in [2.45, 2.75) is 17.8 Å². The van der Waals surface area contributed by atoms with Gasteiger partial charge >= 0.3 is 0 Å². The summed E-state index contributed by atoms with van der Waals surface area (Å²) in [6, 6.07) is 15.6. The highest BCUT2D eigenvalue weighted by Crippen LogP contribution is 2.36. The lowest BCUT2D eigenvalue weighted by Crippen LogP contribution is -2.39. The molecule has 2 atom stereocenters. The normalized spacial score (nSPS) is 23.2. The monoisotopic (exact) mass is 466 g/mol. The van der Waals surface area contributed by atoms with Gasteiger partial charge in [-0.2, -0.15) is 0 Å². The van der Waals surface area contributed by atoms with Gasteiger partial charge in [0.15, 0.2) is 15.0 Å². The summed E-state index contributed by atoms with van der Waals surface area (Å²) in [5.41, 5.74) is 2.15. The lowest BCUT2D eigenvalue weighted by atomic mass is 10.1. The fourth-order valence-electron chi connectivity index (χ4n) is 3.41. The van der Waals surface area contributed by atoms with Gasteiger partial charge < -0.3 is 9.64 Å². The quantitative estimate of drug-likeness (QED) is 0.686. The highest BCUT2D eigenvalue weighted by molar-refractivity contribution is 9.10. The fraction of sp³-hybridized carbons (Fsp3) is 0.316. The predicted octanol–water partition coefficient (Wildman–Crippen LogP) is 3.73. The van der Waals surface area contributed by atoms with Crippen LogP contribution in [0.25, 0.3) is 0 Å². The maximum Gasteiger partial charge on any atom is 0.164 e. The summed E-state index contributed by atoms with van der Waals surface area (Å²) < 4.78 is 30.4. The van der Waals surface area contributed by atoms with Gasteiger partial charge in [0.2, 0.25) is 0 Å². The molecule has 2 aliphatic rings. The molecule has 8 heteroatoms. The number of fused-ring (bicyclic) bond motifs is 1. The van der Waals surface area contributed by atoms with Gasteiger partial charge in [-0.25, -0.2) is 8.42 Å². The molecule has 0 bridgehead atoms. The van der Waals surface area contributed by atoms with Crippen molar-refractivity contribution in [3.63, 3.8) is 0 Å². The van der Waals surface area contributed by atoms with Crippen LogP contribution in [-0.2, 0) is 15.6 Å². The van der Waals surface area contributed by atoms with E-state index in [2.05, 4.69) is 20.8 Å². The Morgan fingerprint density at radius 2 is 1.85 bits per heavy atom. The van der Waals surface area contributed by atoms with E-state index in [0.717, 1.165) is 26.8 Å². The molecule has 2 aromatic rings. The Bertz CT molecular complexity index is 959. The van der Waals surface area contributed by atoms with Gasteiger partial charge in [0, 0.05) is 15.9 Å². The van der Waals surface area contributed by atoms with Crippen LogP contribution in [0.5, 0.6) is 5.75 Å². The number of nitrogens with zero attached hydrogens (tertiary/aromatic N) is 2. The second kappa shape index (κ2) is 7.48. The van der Waals surface area contributed by atoms with E-state index in [0.29, 0.717) is 0 Å². The van der Waals surface area contributed by atoms with Crippen molar-refractivity contribution in [2.24, 2.45) is 4.99 Å². The molecule has 0 aromatic heterocycles. The molecular weight excluding hydrogens is 448 g/mol. The molecule has 2 aromatic carbocycles. The minimum Gasteiger partial charge on any atom is -0.497 e. The molecule has 2 heterocycles. The minimum absolute atomic E-state index is 0.116. The van der Waals surface area contributed by atoms with Crippen LogP contribution in [0.4, 0.5) is 5.69 Å². The topological polar surface area (TPSA) is 59.0 Å². The summed E-state index contributed by atoms with van der Waals surface area (Å²) in [6.45, 7) is 0. The van der Waals surface area contributed by atoms with Crippen molar-refractivity contribution in [3.8, 4) is 5.75 Å². The Hall–Kier alpha value is -1.51. The standard InChI is InChI=1S/C19H19BrN2O3S2/c1-25-16-8-2-13(3-9-16)10-26-19-21-17-11-27(23,24)12-18(17)22(19)15-6-4-14(20)5-7-15/h2-9,17-18H,10-12H2,1H3/t17-,18-/m0/s1. The Morgan fingerprint density at radius 3 is 2.52 bits per heavy atom. The summed E-state index contributed by atoms with van der Waals surface area (Å²) in [7, 11) is -1.38. The number of hydrogen-bond donors (Lipinski definition) is 0. The number of anilines is 1. The highest BCUT2D eigenvalue weighted by atomic mass is 79.9. The zero-order chi connectivity index (χ0) is 19.0. The Morgan fingerprint density at radius 1 is 1.15 bits per heavy atom. The number of amidine groups is 1. The van der Waals surface area contributed by atoms with E-state index < -0.39 is 9.84 Å². The van der Waals surface area contributed by atoms with Gasteiger partial charge in [-0.05, 0) is 42.0 Å².